The van der Waals surface area contributed by atoms with Gasteiger partial charge in [-0.3, -0.25) is 62.3 Å². The second kappa shape index (κ2) is 38.7. The van der Waals surface area contributed by atoms with E-state index in [1.54, 1.807) is 44.2 Å². The summed E-state index contributed by atoms with van der Waals surface area (Å²) in [4.78, 5) is 177. The highest BCUT2D eigenvalue weighted by atomic mass is 32.2. The first-order valence-corrected chi connectivity index (χ1v) is 31.6. The van der Waals surface area contributed by atoms with E-state index >= 15 is 0 Å². The molecule has 1 aliphatic heterocycles. The molecule has 29 heteroatoms. The lowest BCUT2D eigenvalue weighted by Gasteiger charge is -2.29. The van der Waals surface area contributed by atoms with Crippen LogP contribution in [0.3, 0.4) is 0 Å². The van der Waals surface area contributed by atoms with E-state index in [0.29, 0.717) is 24.0 Å². The fourth-order valence-electron chi connectivity index (χ4n) is 10.0. The molecule has 0 unspecified atom stereocenters. The number of carbonyl (C=O) groups is 13. The van der Waals surface area contributed by atoms with Gasteiger partial charge in [-0.25, -0.2) is 0 Å². The second-order valence-corrected chi connectivity index (χ2v) is 24.4. The Morgan fingerprint density at radius 1 is 0.598 bits per heavy atom. The highest BCUT2D eigenvalue weighted by molar-refractivity contribution is 8.13. The predicted molar refractivity (Wildman–Crippen MR) is 342 cm³/mol. The summed E-state index contributed by atoms with van der Waals surface area (Å²) in [6.07, 6.45) is -0.599. The van der Waals surface area contributed by atoms with Gasteiger partial charge in [0.2, 0.25) is 76.0 Å². The maximum atomic E-state index is 14.5. The Kier molecular flexibility index (Phi) is 31.7. The molecule has 0 aromatic heterocycles. The number of primary amides is 2. The summed E-state index contributed by atoms with van der Waals surface area (Å²) in [6, 6.07) is 11.5. The highest BCUT2D eigenvalue weighted by Crippen LogP contribution is 2.21. The maximum absolute atomic E-state index is 14.5. The molecule has 1 heterocycles. The quantitative estimate of drug-likeness (QED) is 0.0282. The van der Waals surface area contributed by atoms with Gasteiger partial charge in [0, 0.05) is 45.0 Å². The molecule has 12 amide bonds. The zero-order chi connectivity index (χ0) is 68.0. The summed E-state index contributed by atoms with van der Waals surface area (Å²) in [5, 5.41) is 32.9. The van der Waals surface area contributed by atoms with E-state index in [0.717, 1.165) is 17.3 Å². The molecule has 502 valence electrons. The number of nitrogens with two attached hydrogens (primary N) is 4. The standard InChI is InChI=1S/C63H90N14O14S/c1-36(2)30-49(63(91)92-29-27-68-38(5)78)75-56(84)44(18-12-26-64)72-61(89)54(37(3)4)76-59(87)47(33-41-20-22-42(79)23-21-41)73-57(85)45(24-25-51(66)80)71-58(86)48(34-52(67)81)70-53(82)35-69-55(83)46(32-40-16-10-7-11-17-40)74-60(88)50-19-13-28-77(50)62(90)43(65)31-39-14-8-6-9-15-39/h6-11,14-17,20-23,36-37,43-50,54,79H,12-13,18-19,24-35,64-65H2,1-5H3,(H2,66,80)(H2,67,81)(H,68,78)(H,69,83)(H,70,82)(H,71,86)(H,72,89)(H,73,85)(H,74,88)(H,75,84)(H,76,87)/t43-,44+,45+,46+,47+,48+,49+,50+,54+/m1/s1. The third-order valence-corrected chi connectivity index (χ3v) is 15.8. The van der Waals surface area contributed by atoms with Gasteiger partial charge in [-0.1, -0.05) is 112 Å². The number of phenols is 1. The molecule has 92 heavy (non-hydrogen) atoms. The number of phenolic OH excluding ortho intramolecular Hbond substituents is 1. The van der Waals surface area contributed by atoms with Gasteiger partial charge in [0.15, 0.2) is 0 Å². The van der Waals surface area contributed by atoms with Crippen LogP contribution in [0.5, 0.6) is 5.75 Å². The zero-order valence-electron chi connectivity index (χ0n) is 52.7. The number of hydrogen-bond donors (Lipinski definition) is 14. The first-order chi connectivity index (χ1) is 43.6. The van der Waals surface area contributed by atoms with Crippen LogP contribution >= 0.6 is 11.8 Å². The number of amides is 12. The maximum Gasteiger partial charge on any atom is 0.243 e. The fraction of sp³-hybridized carbons (Fsp3) is 0.508. The largest absolute Gasteiger partial charge is 0.508 e. The number of likely N-dealkylation sites (tertiary alicyclic amines) is 1. The minimum Gasteiger partial charge on any atom is -0.508 e. The average Bonchev–Trinajstić information content (AvgIpc) is 1.66. The van der Waals surface area contributed by atoms with Crippen LogP contribution in [0, 0.1) is 11.8 Å². The Morgan fingerprint density at radius 2 is 1.13 bits per heavy atom. The molecule has 3 aromatic carbocycles. The number of hydrogen-bond acceptors (Lipinski definition) is 17. The molecular weight excluding hydrogens is 1210 g/mol. The van der Waals surface area contributed by atoms with E-state index in [-0.39, 0.29) is 86.6 Å². The van der Waals surface area contributed by atoms with Crippen LogP contribution in [0.1, 0.15) is 103 Å². The minimum absolute atomic E-state index is 0.0367. The monoisotopic (exact) mass is 1300 g/mol. The third-order valence-electron chi connectivity index (χ3n) is 14.8. The Labute approximate surface area is 539 Å². The molecule has 1 fully saturated rings. The molecule has 1 saturated heterocycles. The Hall–Kier alpha value is -8.96. The first kappa shape index (κ1) is 75.5. The third kappa shape index (κ3) is 26.5. The molecule has 4 rings (SSSR count). The normalized spacial score (nSPS) is 15.4. The number of aromatic hydroxyl groups is 1. The molecule has 18 N–H and O–H groups in total. The molecule has 0 saturated carbocycles. The minimum atomic E-state index is -1.81. The molecule has 1 aliphatic rings. The molecule has 3 aromatic rings. The van der Waals surface area contributed by atoms with Gasteiger partial charge in [0.1, 0.15) is 48.0 Å². The van der Waals surface area contributed by atoms with Gasteiger partial charge in [-0.2, -0.15) is 0 Å². The van der Waals surface area contributed by atoms with Gasteiger partial charge in [0.25, 0.3) is 0 Å². The topological polar surface area (TPSA) is 458 Å². The lowest BCUT2D eigenvalue weighted by Crippen LogP contribution is -2.61. The van der Waals surface area contributed by atoms with Crippen LogP contribution in [-0.4, -0.2) is 172 Å². The van der Waals surface area contributed by atoms with E-state index in [1.165, 1.54) is 36.1 Å². The zero-order valence-corrected chi connectivity index (χ0v) is 53.5. The smallest absolute Gasteiger partial charge is 0.243 e. The van der Waals surface area contributed by atoms with Crippen molar-refractivity contribution in [1.82, 2.24) is 52.8 Å². The summed E-state index contributed by atoms with van der Waals surface area (Å²) in [6.45, 7) is 8.08. The van der Waals surface area contributed by atoms with Crippen molar-refractivity contribution in [2.75, 3.05) is 31.9 Å². The van der Waals surface area contributed by atoms with Crippen LogP contribution in [0.2, 0.25) is 0 Å². The lowest BCUT2D eigenvalue weighted by atomic mass is 9.99. The van der Waals surface area contributed by atoms with Crippen molar-refractivity contribution in [1.29, 1.82) is 0 Å². The summed E-state index contributed by atoms with van der Waals surface area (Å²) in [5.41, 5.74) is 25.0. The van der Waals surface area contributed by atoms with Gasteiger partial charge >= 0.3 is 0 Å². The second-order valence-electron chi connectivity index (χ2n) is 23.3. The van der Waals surface area contributed by atoms with Crippen LogP contribution in [-0.2, 0) is 81.6 Å². The summed E-state index contributed by atoms with van der Waals surface area (Å²) in [7, 11) is 0. The lowest BCUT2D eigenvalue weighted by molar-refractivity contribution is -0.140. The molecule has 0 bridgehead atoms. The number of thioether (sulfide) groups is 1. The van der Waals surface area contributed by atoms with Gasteiger partial charge in [-0.05, 0) is 92.1 Å². The summed E-state index contributed by atoms with van der Waals surface area (Å²) >= 11 is 0.930. The summed E-state index contributed by atoms with van der Waals surface area (Å²) in [5.74, 6) is -10.5. The van der Waals surface area contributed by atoms with E-state index < -0.39 is 151 Å². The first-order valence-electron chi connectivity index (χ1n) is 30.6. The SMILES string of the molecule is CC(=O)NCCSC(=O)[C@H](CC(C)C)NC(=O)[C@H](CCCN)NC(=O)[C@@H](NC(=O)[C@H](Cc1ccc(O)cc1)NC(=O)[C@H](CCC(N)=O)NC(=O)[C@H](CC(N)=O)NC(=O)CNC(=O)[C@H](Cc1ccccc1)NC(=O)[C@@H]1CCCN1C(=O)[C@H](N)Cc1ccccc1)C(C)C. The molecule has 0 spiro atoms. The van der Waals surface area contributed by atoms with Crippen LogP contribution in [0.15, 0.2) is 84.9 Å². The van der Waals surface area contributed by atoms with Crippen molar-refractivity contribution in [3.05, 3.63) is 102 Å². The van der Waals surface area contributed by atoms with Crippen molar-refractivity contribution in [3.8, 4) is 5.75 Å². The van der Waals surface area contributed by atoms with Gasteiger partial charge < -0.3 is 80.8 Å². The van der Waals surface area contributed by atoms with Crippen molar-refractivity contribution < 1.29 is 67.4 Å². The summed E-state index contributed by atoms with van der Waals surface area (Å²) < 4.78 is 0. The number of rotatable bonds is 38. The van der Waals surface area contributed by atoms with Crippen molar-refractivity contribution >= 4 is 87.8 Å². The number of benzene rings is 3. The van der Waals surface area contributed by atoms with E-state index in [4.69, 9.17) is 22.9 Å². The fourth-order valence-corrected chi connectivity index (χ4v) is 10.8. The number of nitrogens with zero attached hydrogens (tertiary/aromatic N) is 1. The van der Waals surface area contributed by atoms with Gasteiger partial charge in [-0.15, -0.1) is 0 Å². The number of carbonyl (C=O) groups excluding carboxylic acids is 13. The van der Waals surface area contributed by atoms with Crippen molar-refractivity contribution in [2.45, 2.75) is 160 Å². The van der Waals surface area contributed by atoms with Crippen LogP contribution in [0.4, 0.5) is 0 Å². The van der Waals surface area contributed by atoms with Gasteiger partial charge in [0.05, 0.1) is 25.0 Å². The Bertz CT molecular complexity index is 3010. The average molecular weight is 1300 g/mol. The number of nitrogens with one attached hydrogen (secondary N) is 9. The molecular formula is C63H90N14O14S. The van der Waals surface area contributed by atoms with E-state index in [9.17, 15) is 67.4 Å². The van der Waals surface area contributed by atoms with Crippen molar-refractivity contribution in [2.24, 2.45) is 34.8 Å². The Balaban J connectivity index is 1.52. The van der Waals surface area contributed by atoms with Crippen LogP contribution in [0.25, 0.3) is 0 Å². The molecule has 9 atom stereocenters. The van der Waals surface area contributed by atoms with Crippen molar-refractivity contribution in [3.63, 3.8) is 0 Å². The van der Waals surface area contributed by atoms with Crippen LogP contribution < -0.4 is 70.8 Å². The van der Waals surface area contributed by atoms with E-state index in [1.807, 2.05) is 44.2 Å². The Morgan fingerprint density at radius 3 is 1.70 bits per heavy atom. The molecule has 28 nitrogen and oxygen atoms in total. The molecule has 0 radical (unpaired) electrons. The predicted octanol–water partition coefficient (Wildman–Crippen LogP) is -1.77. The van der Waals surface area contributed by atoms with E-state index in [2.05, 4.69) is 47.9 Å². The molecule has 0 aliphatic carbocycles. The highest BCUT2D eigenvalue weighted by Gasteiger charge is 2.39.